The Morgan fingerprint density at radius 2 is 1.83 bits per heavy atom. The summed E-state index contributed by atoms with van der Waals surface area (Å²) in [5.41, 5.74) is 8.44. The normalized spacial score (nSPS) is 17.2. The Kier molecular flexibility index (Phi) is 4.59. The summed E-state index contributed by atoms with van der Waals surface area (Å²) in [6.07, 6.45) is 3.87. The van der Waals surface area contributed by atoms with Crippen LogP contribution in [-0.4, -0.2) is 35.6 Å². The molecule has 1 heterocycles. The van der Waals surface area contributed by atoms with Gasteiger partial charge in [-0.1, -0.05) is 29.4 Å². The molecule has 3 N–H and O–H groups in total. The molecule has 0 unspecified atom stereocenters. The van der Waals surface area contributed by atoms with E-state index in [0.717, 1.165) is 38.9 Å². The van der Waals surface area contributed by atoms with Crippen LogP contribution in [0.15, 0.2) is 29.4 Å². The molecular weight excluding hydrogens is 226 g/mol. The standard InChI is InChI=1S/C14H21N3O/c15-14(16-18)6-3-9-17-10-7-12-4-1-2-5-13(12)8-11-17/h1-2,4-5,18H,3,6-11H2,(H2,15,16). The minimum absolute atomic E-state index is 0.327. The lowest BCUT2D eigenvalue weighted by atomic mass is 10.0. The number of oxime groups is 1. The maximum Gasteiger partial charge on any atom is 0.139 e. The molecule has 18 heavy (non-hydrogen) atoms. The highest BCUT2D eigenvalue weighted by molar-refractivity contribution is 5.79. The molecule has 0 amide bonds. The Balaban J connectivity index is 1.81. The van der Waals surface area contributed by atoms with Gasteiger partial charge < -0.3 is 15.8 Å². The van der Waals surface area contributed by atoms with Crippen LogP contribution in [0.3, 0.4) is 0 Å². The fourth-order valence-corrected chi connectivity index (χ4v) is 2.47. The average Bonchev–Trinajstić information content (AvgIpc) is 2.61. The molecule has 1 aliphatic rings. The maximum atomic E-state index is 8.48. The molecule has 0 fully saturated rings. The molecule has 2 rings (SSSR count). The van der Waals surface area contributed by atoms with Gasteiger partial charge in [-0.2, -0.15) is 0 Å². The molecule has 4 heteroatoms. The Morgan fingerprint density at radius 3 is 2.39 bits per heavy atom. The van der Waals surface area contributed by atoms with Crippen molar-refractivity contribution in [3.05, 3.63) is 35.4 Å². The van der Waals surface area contributed by atoms with Gasteiger partial charge in [0.15, 0.2) is 0 Å². The van der Waals surface area contributed by atoms with Crippen LogP contribution in [0.2, 0.25) is 0 Å². The second kappa shape index (κ2) is 6.40. The highest BCUT2D eigenvalue weighted by atomic mass is 16.4. The van der Waals surface area contributed by atoms with Gasteiger partial charge in [-0.25, -0.2) is 0 Å². The molecule has 0 radical (unpaired) electrons. The summed E-state index contributed by atoms with van der Waals surface area (Å²) in [6, 6.07) is 8.70. The van der Waals surface area contributed by atoms with Crippen LogP contribution in [0.4, 0.5) is 0 Å². The third-order valence-electron chi connectivity index (χ3n) is 3.55. The van der Waals surface area contributed by atoms with Crippen LogP contribution in [0, 0.1) is 0 Å². The number of hydrogen-bond donors (Lipinski definition) is 2. The molecule has 0 atom stereocenters. The van der Waals surface area contributed by atoms with E-state index in [0.29, 0.717) is 12.3 Å². The van der Waals surface area contributed by atoms with Crippen LogP contribution in [0.1, 0.15) is 24.0 Å². The number of hydrogen-bond acceptors (Lipinski definition) is 3. The van der Waals surface area contributed by atoms with Crippen LogP contribution < -0.4 is 5.73 Å². The van der Waals surface area contributed by atoms with Crippen molar-refractivity contribution in [1.82, 2.24) is 4.90 Å². The second-order valence-electron chi connectivity index (χ2n) is 4.81. The molecule has 1 aromatic carbocycles. The van der Waals surface area contributed by atoms with Crippen molar-refractivity contribution in [2.45, 2.75) is 25.7 Å². The first-order valence-corrected chi connectivity index (χ1v) is 6.55. The van der Waals surface area contributed by atoms with Crippen LogP contribution in [0.5, 0.6) is 0 Å². The molecule has 0 spiro atoms. The first-order valence-electron chi connectivity index (χ1n) is 6.55. The van der Waals surface area contributed by atoms with E-state index in [9.17, 15) is 0 Å². The van der Waals surface area contributed by atoms with Gasteiger partial charge in [-0.15, -0.1) is 0 Å². The van der Waals surface area contributed by atoms with Crippen LogP contribution >= 0.6 is 0 Å². The van der Waals surface area contributed by atoms with E-state index >= 15 is 0 Å². The smallest absolute Gasteiger partial charge is 0.139 e. The summed E-state index contributed by atoms with van der Waals surface area (Å²) < 4.78 is 0. The number of benzene rings is 1. The van der Waals surface area contributed by atoms with Gasteiger partial charge in [0.1, 0.15) is 5.84 Å². The molecule has 0 saturated heterocycles. The van der Waals surface area contributed by atoms with Crippen molar-refractivity contribution in [3.8, 4) is 0 Å². The van der Waals surface area contributed by atoms with E-state index in [1.807, 2.05) is 0 Å². The zero-order valence-electron chi connectivity index (χ0n) is 10.7. The lowest BCUT2D eigenvalue weighted by Crippen LogP contribution is -2.28. The number of amidine groups is 1. The minimum atomic E-state index is 0.327. The first-order chi connectivity index (χ1) is 8.79. The number of nitrogens with two attached hydrogens (primary N) is 1. The molecule has 98 valence electrons. The zero-order valence-corrected chi connectivity index (χ0v) is 10.7. The van der Waals surface area contributed by atoms with Crippen LogP contribution in [0.25, 0.3) is 0 Å². The molecule has 0 bridgehead atoms. The molecule has 1 aliphatic heterocycles. The monoisotopic (exact) mass is 247 g/mol. The summed E-state index contributed by atoms with van der Waals surface area (Å²) in [7, 11) is 0. The summed E-state index contributed by atoms with van der Waals surface area (Å²) >= 11 is 0. The van der Waals surface area contributed by atoms with Crippen molar-refractivity contribution in [3.63, 3.8) is 0 Å². The Morgan fingerprint density at radius 1 is 1.22 bits per heavy atom. The number of fused-ring (bicyclic) bond motifs is 1. The Labute approximate surface area is 108 Å². The molecule has 4 nitrogen and oxygen atoms in total. The van der Waals surface area contributed by atoms with Crippen molar-refractivity contribution in [2.75, 3.05) is 19.6 Å². The quantitative estimate of drug-likeness (QED) is 0.368. The van der Waals surface area contributed by atoms with E-state index in [1.165, 1.54) is 11.1 Å². The summed E-state index contributed by atoms with van der Waals surface area (Å²) in [6.45, 7) is 3.23. The van der Waals surface area contributed by atoms with Crippen molar-refractivity contribution >= 4 is 5.84 Å². The molecule has 0 saturated carbocycles. The summed E-state index contributed by atoms with van der Waals surface area (Å²) in [5.74, 6) is 0.327. The lowest BCUT2D eigenvalue weighted by Gasteiger charge is -2.19. The van der Waals surface area contributed by atoms with Gasteiger partial charge in [0, 0.05) is 19.5 Å². The second-order valence-corrected chi connectivity index (χ2v) is 4.81. The van der Waals surface area contributed by atoms with Crippen molar-refractivity contribution in [2.24, 2.45) is 10.9 Å². The Bertz CT molecular complexity index is 390. The topological polar surface area (TPSA) is 61.8 Å². The number of nitrogens with zero attached hydrogens (tertiary/aromatic N) is 2. The fourth-order valence-electron chi connectivity index (χ4n) is 2.47. The summed E-state index contributed by atoms with van der Waals surface area (Å²) in [4.78, 5) is 2.46. The average molecular weight is 247 g/mol. The Hall–Kier alpha value is -1.55. The fraction of sp³-hybridized carbons (Fsp3) is 0.500. The maximum absolute atomic E-state index is 8.48. The highest BCUT2D eigenvalue weighted by Gasteiger charge is 2.12. The molecule has 1 aromatic rings. The molecule has 0 aromatic heterocycles. The predicted molar refractivity (Wildman–Crippen MR) is 72.9 cm³/mol. The van der Waals surface area contributed by atoms with E-state index in [-0.39, 0.29) is 0 Å². The van der Waals surface area contributed by atoms with Gasteiger partial charge >= 0.3 is 0 Å². The van der Waals surface area contributed by atoms with E-state index in [2.05, 4.69) is 34.3 Å². The van der Waals surface area contributed by atoms with Gasteiger partial charge in [-0.05, 0) is 36.9 Å². The third kappa shape index (κ3) is 3.47. The van der Waals surface area contributed by atoms with Gasteiger partial charge in [0.2, 0.25) is 0 Å². The van der Waals surface area contributed by atoms with E-state index in [4.69, 9.17) is 10.9 Å². The van der Waals surface area contributed by atoms with Gasteiger partial charge in [-0.3, -0.25) is 0 Å². The lowest BCUT2D eigenvalue weighted by molar-refractivity contribution is 0.283. The zero-order chi connectivity index (χ0) is 12.8. The predicted octanol–water partition coefficient (Wildman–Crippen LogP) is 1.61. The van der Waals surface area contributed by atoms with E-state index < -0.39 is 0 Å². The van der Waals surface area contributed by atoms with Crippen molar-refractivity contribution in [1.29, 1.82) is 0 Å². The first kappa shape index (κ1) is 12.9. The van der Waals surface area contributed by atoms with Crippen molar-refractivity contribution < 1.29 is 5.21 Å². The highest BCUT2D eigenvalue weighted by Crippen LogP contribution is 2.15. The SMILES string of the molecule is NC(CCCN1CCc2ccccc2CC1)=NO. The molecule has 0 aliphatic carbocycles. The van der Waals surface area contributed by atoms with Crippen LogP contribution in [-0.2, 0) is 12.8 Å². The minimum Gasteiger partial charge on any atom is -0.409 e. The number of rotatable bonds is 4. The van der Waals surface area contributed by atoms with E-state index in [1.54, 1.807) is 0 Å². The van der Waals surface area contributed by atoms with Gasteiger partial charge in [0.05, 0.1) is 0 Å². The summed E-state index contributed by atoms with van der Waals surface area (Å²) in [5, 5.41) is 11.5. The molecular formula is C14H21N3O. The third-order valence-corrected chi connectivity index (χ3v) is 3.55. The van der Waals surface area contributed by atoms with Gasteiger partial charge in [0.25, 0.3) is 0 Å². The largest absolute Gasteiger partial charge is 0.409 e.